The molecule has 0 heterocycles. The lowest BCUT2D eigenvalue weighted by atomic mass is 10.1. The maximum Gasteiger partial charge on any atom is 0.134 e. The molecule has 24 heavy (non-hydrogen) atoms. The summed E-state index contributed by atoms with van der Waals surface area (Å²) in [5.41, 5.74) is 1.27. The molecule has 0 fully saturated rings. The van der Waals surface area contributed by atoms with Gasteiger partial charge in [0, 0.05) is 18.8 Å². The van der Waals surface area contributed by atoms with E-state index in [9.17, 15) is 0 Å². The number of benzene rings is 1. The van der Waals surface area contributed by atoms with Gasteiger partial charge in [-0.2, -0.15) is 0 Å². The average Bonchev–Trinajstić information content (AvgIpc) is 2.62. The zero-order chi connectivity index (χ0) is 17.3. The zero-order valence-electron chi connectivity index (χ0n) is 15.2. The van der Waals surface area contributed by atoms with Crippen LogP contribution in [0.15, 0.2) is 30.3 Å². The van der Waals surface area contributed by atoms with Gasteiger partial charge >= 0.3 is 0 Å². The molecule has 1 aromatic carbocycles. The largest absolute Gasteiger partial charge is 0.367 e. The number of rotatable bonds is 14. The maximum absolute atomic E-state index is 5.36. The summed E-state index contributed by atoms with van der Waals surface area (Å²) in [4.78, 5) is 0. The molecule has 2 nitrogen and oxygen atoms in total. The molecule has 0 aliphatic carbocycles. The topological polar surface area (TPSA) is 24.1 Å². The number of unbranched alkanes of at least 4 members (excludes halogenated alkanes) is 7. The first-order valence-electron chi connectivity index (χ1n) is 9.48. The van der Waals surface area contributed by atoms with Crippen molar-refractivity contribution in [2.24, 2.45) is 0 Å². The highest BCUT2D eigenvalue weighted by Gasteiger charge is 1.98. The number of thiocarbonyl (C=S) groups is 1. The predicted molar refractivity (Wildman–Crippen MR) is 114 cm³/mol. The van der Waals surface area contributed by atoms with E-state index < -0.39 is 0 Å². The van der Waals surface area contributed by atoms with Crippen LogP contribution in [0.25, 0.3) is 0 Å². The van der Waals surface area contributed by atoms with Gasteiger partial charge in [-0.25, -0.2) is 0 Å². The molecule has 0 amide bonds. The van der Waals surface area contributed by atoms with Crippen LogP contribution >= 0.6 is 24.0 Å². The molecular formula is C20H34N2S2. The highest BCUT2D eigenvalue weighted by atomic mass is 32.2. The normalized spacial score (nSPS) is 10.7. The lowest BCUT2D eigenvalue weighted by molar-refractivity contribution is 0.560. The number of nitrogens with one attached hydrogen (secondary N) is 2. The molecule has 136 valence electrons. The second-order valence-electron chi connectivity index (χ2n) is 6.20. The van der Waals surface area contributed by atoms with Crippen LogP contribution in [0.3, 0.4) is 0 Å². The Morgan fingerprint density at radius 2 is 1.58 bits per heavy atom. The van der Waals surface area contributed by atoms with E-state index in [1.807, 2.05) is 6.07 Å². The minimum atomic E-state index is 0.818. The number of thioether (sulfide) groups is 1. The summed E-state index contributed by atoms with van der Waals surface area (Å²) < 4.78 is 0.896. The third-order valence-electron chi connectivity index (χ3n) is 4.00. The standard InChI is InChI=1S/C20H34N2S2/c1-2-3-4-5-6-7-8-12-15-21-16-17-24-20(23)22-18-19-13-10-9-11-14-19/h9-11,13-14,21H,2-8,12,15-18H2,1H3,(H,22,23). The Morgan fingerprint density at radius 1 is 0.917 bits per heavy atom. The SMILES string of the molecule is CCCCCCCCCCNCCSC(=S)NCc1ccccc1. The van der Waals surface area contributed by atoms with Gasteiger partial charge in [0.1, 0.15) is 4.32 Å². The molecule has 0 aliphatic heterocycles. The summed E-state index contributed by atoms with van der Waals surface area (Å²) in [6.45, 7) is 5.27. The van der Waals surface area contributed by atoms with Gasteiger partial charge in [0.05, 0.1) is 0 Å². The van der Waals surface area contributed by atoms with Crippen LogP contribution in [0.1, 0.15) is 63.9 Å². The van der Waals surface area contributed by atoms with E-state index in [1.165, 1.54) is 56.9 Å². The van der Waals surface area contributed by atoms with Gasteiger partial charge in [0.25, 0.3) is 0 Å². The Morgan fingerprint density at radius 3 is 2.29 bits per heavy atom. The molecule has 2 N–H and O–H groups in total. The average molecular weight is 367 g/mol. The summed E-state index contributed by atoms with van der Waals surface area (Å²) in [6, 6.07) is 10.4. The molecule has 0 spiro atoms. The summed E-state index contributed by atoms with van der Waals surface area (Å²) in [7, 11) is 0. The quantitative estimate of drug-likeness (QED) is 0.334. The summed E-state index contributed by atoms with van der Waals surface area (Å²) >= 11 is 7.09. The van der Waals surface area contributed by atoms with E-state index in [0.29, 0.717) is 0 Å². The summed E-state index contributed by atoms with van der Waals surface area (Å²) in [5.74, 6) is 1.04. The Balaban J connectivity index is 1.82. The molecule has 0 aromatic heterocycles. The van der Waals surface area contributed by atoms with E-state index in [0.717, 1.165) is 29.7 Å². The molecule has 0 saturated carbocycles. The van der Waals surface area contributed by atoms with Crippen molar-refractivity contribution in [3.8, 4) is 0 Å². The van der Waals surface area contributed by atoms with Gasteiger partial charge in [-0.3, -0.25) is 0 Å². The Labute approximate surface area is 158 Å². The zero-order valence-corrected chi connectivity index (χ0v) is 16.8. The van der Waals surface area contributed by atoms with Crippen LogP contribution in [-0.2, 0) is 6.54 Å². The Hall–Kier alpha value is -0.580. The van der Waals surface area contributed by atoms with Crippen molar-refractivity contribution in [1.82, 2.24) is 10.6 Å². The smallest absolute Gasteiger partial charge is 0.134 e. The van der Waals surface area contributed by atoms with Gasteiger partial charge in [-0.1, -0.05) is 106 Å². The lowest BCUT2D eigenvalue weighted by Crippen LogP contribution is -2.22. The summed E-state index contributed by atoms with van der Waals surface area (Å²) in [6.07, 6.45) is 11.1. The van der Waals surface area contributed by atoms with Crippen LogP contribution in [0.4, 0.5) is 0 Å². The van der Waals surface area contributed by atoms with Crippen molar-refractivity contribution < 1.29 is 0 Å². The number of hydrogen-bond acceptors (Lipinski definition) is 3. The lowest BCUT2D eigenvalue weighted by Gasteiger charge is -2.08. The second kappa shape index (κ2) is 15.9. The van der Waals surface area contributed by atoms with Crippen LogP contribution in [0.5, 0.6) is 0 Å². The van der Waals surface area contributed by atoms with Crippen molar-refractivity contribution in [3.05, 3.63) is 35.9 Å². The van der Waals surface area contributed by atoms with E-state index in [4.69, 9.17) is 12.2 Å². The molecule has 0 atom stereocenters. The van der Waals surface area contributed by atoms with Gasteiger partial charge in [-0.15, -0.1) is 0 Å². The van der Waals surface area contributed by atoms with Crippen molar-refractivity contribution in [2.45, 2.75) is 64.8 Å². The fourth-order valence-electron chi connectivity index (χ4n) is 2.55. The second-order valence-corrected chi connectivity index (χ2v) is 7.97. The summed E-state index contributed by atoms with van der Waals surface area (Å²) in [5, 5.41) is 6.82. The fraction of sp³-hybridized carbons (Fsp3) is 0.650. The Bertz CT molecular complexity index is 409. The highest BCUT2D eigenvalue weighted by molar-refractivity contribution is 8.22. The molecular weight excluding hydrogens is 332 g/mol. The van der Waals surface area contributed by atoms with Gasteiger partial charge < -0.3 is 10.6 Å². The molecule has 0 unspecified atom stereocenters. The molecule has 1 aromatic rings. The highest BCUT2D eigenvalue weighted by Crippen LogP contribution is 2.08. The maximum atomic E-state index is 5.36. The fourth-order valence-corrected chi connectivity index (χ4v) is 3.47. The minimum Gasteiger partial charge on any atom is -0.367 e. The van der Waals surface area contributed by atoms with Crippen LogP contribution in [-0.4, -0.2) is 23.2 Å². The van der Waals surface area contributed by atoms with E-state index in [1.54, 1.807) is 11.8 Å². The molecule has 0 saturated heterocycles. The first-order chi connectivity index (χ1) is 11.8. The van der Waals surface area contributed by atoms with Crippen molar-refractivity contribution in [1.29, 1.82) is 0 Å². The molecule has 4 heteroatoms. The van der Waals surface area contributed by atoms with Gasteiger partial charge in [0.15, 0.2) is 0 Å². The van der Waals surface area contributed by atoms with Crippen LogP contribution < -0.4 is 10.6 Å². The first-order valence-corrected chi connectivity index (χ1v) is 10.9. The van der Waals surface area contributed by atoms with Crippen molar-refractivity contribution in [3.63, 3.8) is 0 Å². The first kappa shape index (κ1) is 21.5. The number of hydrogen-bond donors (Lipinski definition) is 2. The molecule has 1 rings (SSSR count). The third-order valence-corrected chi connectivity index (χ3v) is 5.31. The molecule has 0 aliphatic rings. The molecule has 0 radical (unpaired) electrons. The minimum absolute atomic E-state index is 0.818. The molecule has 0 bridgehead atoms. The van der Waals surface area contributed by atoms with E-state index >= 15 is 0 Å². The monoisotopic (exact) mass is 366 g/mol. The van der Waals surface area contributed by atoms with Gasteiger partial charge in [-0.05, 0) is 18.5 Å². The van der Waals surface area contributed by atoms with Crippen LogP contribution in [0, 0.1) is 0 Å². The Kier molecular flexibility index (Phi) is 14.2. The van der Waals surface area contributed by atoms with E-state index in [2.05, 4.69) is 41.8 Å². The van der Waals surface area contributed by atoms with E-state index in [-0.39, 0.29) is 0 Å². The van der Waals surface area contributed by atoms with Crippen LogP contribution in [0.2, 0.25) is 0 Å². The van der Waals surface area contributed by atoms with Crippen molar-refractivity contribution >= 4 is 28.3 Å². The van der Waals surface area contributed by atoms with Crippen molar-refractivity contribution in [2.75, 3.05) is 18.8 Å². The van der Waals surface area contributed by atoms with Gasteiger partial charge in [0.2, 0.25) is 0 Å². The third kappa shape index (κ3) is 12.8. The predicted octanol–water partition coefficient (Wildman–Crippen LogP) is 5.52.